The van der Waals surface area contributed by atoms with E-state index in [1.807, 2.05) is 20.8 Å². The monoisotopic (exact) mass is 303 g/mol. The highest BCUT2D eigenvalue weighted by molar-refractivity contribution is 6.27. The molecule has 0 radical (unpaired) electrons. The first-order valence-corrected chi connectivity index (χ1v) is 7.20. The normalized spacial score (nSPS) is 19.1. The third-order valence-corrected chi connectivity index (χ3v) is 3.42. The fourth-order valence-electron chi connectivity index (χ4n) is 2.11. The summed E-state index contributed by atoms with van der Waals surface area (Å²) in [7, 11) is 0. The summed E-state index contributed by atoms with van der Waals surface area (Å²) >= 11 is 5.33. The van der Waals surface area contributed by atoms with Crippen molar-refractivity contribution in [1.29, 1.82) is 0 Å². The number of alkyl halides is 1. The minimum Gasteiger partial charge on any atom is -0.354 e. The van der Waals surface area contributed by atoms with Crippen LogP contribution in [0.15, 0.2) is 0 Å². The molecule has 0 bridgehead atoms. The van der Waals surface area contributed by atoms with Crippen molar-refractivity contribution >= 4 is 29.3 Å². The van der Waals surface area contributed by atoms with Crippen LogP contribution < -0.4 is 10.6 Å². The van der Waals surface area contributed by atoms with E-state index in [-0.39, 0.29) is 41.5 Å². The quantitative estimate of drug-likeness (QED) is 0.559. The van der Waals surface area contributed by atoms with Crippen LogP contribution in [0.3, 0.4) is 0 Å². The van der Waals surface area contributed by atoms with Gasteiger partial charge in [-0.3, -0.25) is 14.4 Å². The number of rotatable bonds is 5. The summed E-state index contributed by atoms with van der Waals surface area (Å²) < 4.78 is 0. The molecule has 6 nitrogen and oxygen atoms in total. The maximum Gasteiger partial charge on any atom is 0.234 e. The van der Waals surface area contributed by atoms with Crippen molar-refractivity contribution in [2.45, 2.75) is 32.7 Å². The number of likely N-dealkylation sites (tertiary alicyclic amines) is 1. The first-order chi connectivity index (χ1) is 9.25. The molecule has 1 heterocycles. The highest BCUT2D eigenvalue weighted by Gasteiger charge is 2.39. The fraction of sp³-hybridized carbons (Fsp3) is 0.769. The molecule has 1 saturated heterocycles. The van der Waals surface area contributed by atoms with Crippen LogP contribution in [0.4, 0.5) is 0 Å². The molecular weight excluding hydrogens is 282 g/mol. The van der Waals surface area contributed by atoms with Crippen LogP contribution in [0.1, 0.15) is 27.2 Å². The van der Waals surface area contributed by atoms with Gasteiger partial charge in [-0.2, -0.15) is 0 Å². The molecular formula is C13H22ClN3O3. The Bertz CT molecular complexity index is 393. The maximum absolute atomic E-state index is 11.9. The van der Waals surface area contributed by atoms with Crippen molar-refractivity contribution in [3.8, 4) is 0 Å². The van der Waals surface area contributed by atoms with Crippen LogP contribution in [-0.2, 0) is 14.4 Å². The van der Waals surface area contributed by atoms with Gasteiger partial charge in [0, 0.05) is 31.6 Å². The molecule has 7 heteroatoms. The van der Waals surface area contributed by atoms with E-state index in [4.69, 9.17) is 11.6 Å². The zero-order chi connectivity index (χ0) is 15.3. The fourth-order valence-corrected chi connectivity index (χ4v) is 2.20. The van der Waals surface area contributed by atoms with Crippen LogP contribution in [0.5, 0.6) is 0 Å². The summed E-state index contributed by atoms with van der Waals surface area (Å²) in [5.74, 6) is -0.814. The van der Waals surface area contributed by atoms with E-state index < -0.39 is 0 Å². The van der Waals surface area contributed by atoms with Gasteiger partial charge in [0.05, 0.1) is 5.92 Å². The number of nitrogens with one attached hydrogen (secondary N) is 2. The topological polar surface area (TPSA) is 78.5 Å². The molecule has 1 unspecified atom stereocenters. The molecule has 114 valence electrons. The number of carbonyl (C=O) groups is 3. The van der Waals surface area contributed by atoms with Gasteiger partial charge < -0.3 is 15.5 Å². The summed E-state index contributed by atoms with van der Waals surface area (Å²) in [4.78, 5) is 36.4. The standard InChI is InChI=1S/C13H22ClN3O3/c1-13(2,3)17-8-9(6-11(17)19)12(20)16-5-4-15-10(18)7-14/h9H,4-8H2,1-3H3,(H,15,18)(H,16,20). The summed E-state index contributed by atoms with van der Waals surface area (Å²) in [5.41, 5.74) is -0.263. The lowest BCUT2D eigenvalue weighted by molar-refractivity contribution is -0.132. The number of hydrogen-bond donors (Lipinski definition) is 2. The van der Waals surface area contributed by atoms with Crippen molar-refractivity contribution in [3.05, 3.63) is 0 Å². The molecule has 0 saturated carbocycles. The van der Waals surface area contributed by atoms with E-state index in [0.29, 0.717) is 19.6 Å². The Morgan fingerprint density at radius 1 is 1.30 bits per heavy atom. The summed E-state index contributed by atoms with van der Waals surface area (Å²) in [6.45, 7) is 6.97. The largest absolute Gasteiger partial charge is 0.354 e. The third kappa shape index (κ3) is 4.67. The van der Waals surface area contributed by atoms with Crippen LogP contribution in [0.25, 0.3) is 0 Å². The molecule has 0 aromatic carbocycles. The van der Waals surface area contributed by atoms with Crippen molar-refractivity contribution < 1.29 is 14.4 Å². The van der Waals surface area contributed by atoms with Crippen molar-refractivity contribution in [1.82, 2.24) is 15.5 Å². The Morgan fingerprint density at radius 3 is 2.40 bits per heavy atom. The molecule has 0 aliphatic carbocycles. The second-order valence-electron chi connectivity index (χ2n) is 5.85. The highest BCUT2D eigenvalue weighted by Crippen LogP contribution is 2.25. The van der Waals surface area contributed by atoms with Gasteiger partial charge in [0.1, 0.15) is 5.88 Å². The SMILES string of the molecule is CC(C)(C)N1CC(C(=O)NCCNC(=O)CCl)CC1=O. The average Bonchev–Trinajstić information content (AvgIpc) is 2.76. The Hall–Kier alpha value is -1.30. The predicted octanol–water partition coefficient (Wildman–Crippen LogP) is 0.105. The van der Waals surface area contributed by atoms with Crippen molar-refractivity contribution in [2.24, 2.45) is 5.92 Å². The molecule has 3 amide bonds. The molecule has 0 spiro atoms. The number of hydrogen-bond acceptors (Lipinski definition) is 3. The number of carbonyl (C=O) groups excluding carboxylic acids is 3. The molecule has 1 aliphatic rings. The van der Waals surface area contributed by atoms with Gasteiger partial charge in [0.2, 0.25) is 17.7 Å². The minimum absolute atomic E-state index is 0.00749. The van der Waals surface area contributed by atoms with Crippen molar-refractivity contribution in [2.75, 3.05) is 25.5 Å². The van der Waals surface area contributed by atoms with E-state index >= 15 is 0 Å². The first-order valence-electron chi connectivity index (χ1n) is 6.66. The van der Waals surface area contributed by atoms with E-state index in [1.165, 1.54) is 0 Å². The number of nitrogens with zero attached hydrogens (tertiary/aromatic N) is 1. The zero-order valence-corrected chi connectivity index (χ0v) is 12.9. The first kappa shape index (κ1) is 16.8. The highest BCUT2D eigenvalue weighted by atomic mass is 35.5. The van der Waals surface area contributed by atoms with Gasteiger partial charge in [-0.05, 0) is 20.8 Å². The molecule has 1 aliphatic heterocycles. The average molecular weight is 304 g/mol. The van der Waals surface area contributed by atoms with Crippen LogP contribution in [0.2, 0.25) is 0 Å². The minimum atomic E-state index is -0.314. The maximum atomic E-state index is 11.9. The summed E-state index contributed by atoms with van der Waals surface area (Å²) in [6.07, 6.45) is 0.247. The second-order valence-corrected chi connectivity index (χ2v) is 6.12. The molecule has 1 atom stereocenters. The van der Waals surface area contributed by atoms with E-state index in [0.717, 1.165) is 0 Å². The smallest absolute Gasteiger partial charge is 0.234 e. The predicted molar refractivity (Wildman–Crippen MR) is 76.3 cm³/mol. The molecule has 0 aromatic rings. The van der Waals surface area contributed by atoms with Gasteiger partial charge in [0.15, 0.2) is 0 Å². The lowest BCUT2D eigenvalue weighted by Gasteiger charge is -2.31. The van der Waals surface area contributed by atoms with E-state index in [2.05, 4.69) is 10.6 Å². The molecule has 0 aromatic heterocycles. The Balaban J connectivity index is 2.35. The second kappa shape index (κ2) is 6.92. The van der Waals surface area contributed by atoms with Crippen molar-refractivity contribution in [3.63, 3.8) is 0 Å². The van der Waals surface area contributed by atoms with E-state index in [9.17, 15) is 14.4 Å². The van der Waals surface area contributed by atoms with Gasteiger partial charge in [0.25, 0.3) is 0 Å². The Morgan fingerprint density at radius 2 is 1.90 bits per heavy atom. The number of amides is 3. The molecule has 2 N–H and O–H groups in total. The third-order valence-electron chi connectivity index (χ3n) is 3.17. The van der Waals surface area contributed by atoms with Crippen LogP contribution in [-0.4, -0.2) is 53.7 Å². The van der Waals surface area contributed by atoms with Gasteiger partial charge >= 0.3 is 0 Å². The van der Waals surface area contributed by atoms with Gasteiger partial charge in [-0.15, -0.1) is 11.6 Å². The molecule has 1 rings (SSSR count). The molecule has 20 heavy (non-hydrogen) atoms. The zero-order valence-electron chi connectivity index (χ0n) is 12.2. The lowest BCUT2D eigenvalue weighted by atomic mass is 10.1. The lowest BCUT2D eigenvalue weighted by Crippen LogP contribution is -2.43. The Labute approximate surface area is 124 Å². The summed E-state index contributed by atoms with van der Waals surface area (Å²) in [6, 6.07) is 0. The van der Waals surface area contributed by atoms with E-state index in [1.54, 1.807) is 4.90 Å². The number of halogens is 1. The van der Waals surface area contributed by atoms with Crippen LogP contribution in [0, 0.1) is 5.92 Å². The Kier molecular flexibility index (Phi) is 5.80. The van der Waals surface area contributed by atoms with Crippen LogP contribution >= 0.6 is 11.6 Å². The van der Waals surface area contributed by atoms with Gasteiger partial charge in [-0.25, -0.2) is 0 Å². The summed E-state index contributed by atoms with van der Waals surface area (Å²) in [5, 5.41) is 5.28. The molecule has 1 fully saturated rings. The van der Waals surface area contributed by atoms with Gasteiger partial charge in [-0.1, -0.05) is 0 Å².